The highest BCUT2D eigenvalue weighted by Gasteiger charge is 2.30. The van der Waals surface area contributed by atoms with Crippen LogP contribution in [0.4, 0.5) is 5.82 Å². The number of hydrogen-bond acceptors (Lipinski definition) is 5. The van der Waals surface area contributed by atoms with Gasteiger partial charge in [-0.1, -0.05) is 0 Å². The number of aryl methyl sites for hydroxylation is 1. The van der Waals surface area contributed by atoms with Gasteiger partial charge in [-0.2, -0.15) is 0 Å². The van der Waals surface area contributed by atoms with E-state index >= 15 is 0 Å². The predicted octanol–water partition coefficient (Wildman–Crippen LogP) is 1.98. The topological polar surface area (TPSA) is 71.3 Å². The largest absolute Gasteiger partial charge is 0.353 e. The van der Waals surface area contributed by atoms with Crippen molar-refractivity contribution in [2.24, 2.45) is 5.92 Å². The summed E-state index contributed by atoms with van der Waals surface area (Å²) in [6.45, 7) is 4.83. The number of anilines is 1. The Balaban J connectivity index is 1.41. The van der Waals surface area contributed by atoms with Crippen LogP contribution >= 0.6 is 0 Å². The molecule has 2 aliphatic rings. The van der Waals surface area contributed by atoms with Gasteiger partial charge in [-0.3, -0.25) is 9.59 Å². The van der Waals surface area contributed by atoms with Crippen LogP contribution in [0.2, 0.25) is 0 Å². The van der Waals surface area contributed by atoms with Crippen LogP contribution in [0.5, 0.6) is 0 Å². The molecule has 0 atom stereocenters. The lowest BCUT2D eigenvalue weighted by Gasteiger charge is -2.37. The highest BCUT2D eigenvalue weighted by Crippen LogP contribution is 2.25. The van der Waals surface area contributed by atoms with Crippen molar-refractivity contribution in [2.45, 2.75) is 32.6 Å². The summed E-state index contributed by atoms with van der Waals surface area (Å²) in [5, 5.41) is 0. The Labute approximate surface area is 159 Å². The number of nitrogens with zero attached hydrogens (tertiary/aromatic N) is 5. The summed E-state index contributed by atoms with van der Waals surface area (Å²) < 4.78 is 1.97. The van der Waals surface area contributed by atoms with Gasteiger partial charge in [-0.25, -0.2) is 9.97 Å². The van der Waals surface area contributed by atoms with Crippen LogP contribution in [-0.2, 0) is 9.59 Å². The van der Waals surface area contributed by atoms with Crippen molar-refractivity contribution in [3.8, 4) is 5.82 Å². The second kappa shape index (κ2) is 7.50. The minimum absolute atomic E-state index is 0.0240. The van der Waals surface area contributed by atoms with Gasteiger partial charge in [-0.05, 0) is 31.9 Å². The third-order valence-electron chi connectivity index (χ3n) is 5.49. The first-order valence-corrected chi connectivity index (χ1v) is 9.64. The maximum absolute atomic E-state index is 12.7. The molecule has 1 saturated heterocycles. The number of carbonyl (C=O) groups excluding carboxylic acids is 2. The van der Waals surface area contributed by atoms with Crippen molar-refractivity contribution < 1.29 is 9.59 Å². The SMILES string of the molecule is Cc1nc(N2CCN(C(=O)C3CCC(=O)CC3)CC2)cc(-n2cccc2)n1. The number of aromatic nitrogens is 3. The molecular formula is C20H25N5O2. The summed E-state index contributed by atoms with van der Waals surface area (Å²) in [6.07, 6.45) is 6.47. The lowest BCUT2D eigenvalue weighted by molar-refractivity contribution is -0.137. The van der Waals surface area contributed by atoms with E-state index in [0.29, 0.717) is 44.6 Å². The number of piperazine rings is 1. The van der Waals surface area contributed by atoms with Crippen LogP contribution in [-0.4, -0.2) is 57.3 Å². The summed E-state index contributed by atoms with van der Waals surface area (Å²) >= 11 is 0. The average Bonchev–Trinajstić information content (AvgIpc) is 3.23. The predicted molar refractivity (Wildman–Crippen MR) is 102 cm³/mol. The molecule has 0 radical (unpaired) electrons. The quantitative estimate of drug-likeness (QED) is 0.830. The third-order valence-corrected chi connectivity index (χ3v) is 5.49. The van der Waals surface area contributed by atoms with Crippen molar-refractivity contribution in [1.82, 2.24) is 19.4 Å². The van der Waals surface area contributed by atoms with Crippen molar-refractivity contribution in [2.75, 3.05) is 31.1 Å². The molecule has 1 aliphatic heterocycles. The summed E-state index contributed by atoms with van der Waals surface area (Å²) in [7, 11) is 0. The lowest BCUT2D eigenvalue weighted by atomic mass is 9.87. The van der Waals surface area contributed by atoms with Crippen molar-refractivity contribution >= 4 is 17.5 Å². The fourth-order valence-electron chi connectivity index (χ4n) is 3.92. The molecule has 7 nitrogen and oxygen atoms in total. The standard InChI is InChI=1S/C20H25N5O2/c1-15-21-18(23-8-2-3-9-23)14-19(22-15)24-10-12-25(13-11-24)20(27)16-4-6-17(26)7-5-16/h2-3,8-9,14,16H,4-7,10-13H2,1H3. The van der Waals surface area contributed by atoms with Crippen LogP contribution in [0, 0.1) is 12.8 Å². The van der Waals surface area contributed by atoms with E-state index in [0.717, 1.165) is 30.5 Å². The van der Waals surface area contributed by atoms with Gasteiger partial charge < -0.3 is 14.4 Å². The fourth-order valence-corrected chi connectivity index (χ4v) is 3.92. The number of amides is 1. The summed E-state index contributed by atoms with van der Waals surface area (Å²) in [5.41, 5.74) is 0. The first-order chi connectivity index (χ1) is 13.1. The van der Waals surface area contributed by atoms with Crippen LogP contribution in [0.25, 0.3) is 5.82 Å². The summed E-state index contributed by atoms with van der Waals surface area (Å²) in [4.78, 5) is 37.4. The van der Waals surface area contributed by atoms with Gasteiger partial charge in [0.2, 0.25) is 5.91 Å². The van der Waals surface area contributed by atoms with Gasteiger partial charge in [0.15, 0.2) is 0 Å². The molecule has 7 heteroatoms. The molecule has 142 valence electrons. The van der Waals surface area contributed by atoms with Gasteiger partial charge in [0, 0.05) is 63.4 Å². The van der Waals surface area contributed by atoms with Crippen molar-refractivity contribution in [3.63, 3.8) is 0 Å². The number of rotatable bonds is 3. The molecule has 1 saturated carbocycles. The molecule has 1 amide bonds. The van der Waals surface area contributed by atoms with E-state index < -0.39 is 0 Å². The molecule has 2 aromatic heterocycles. The highest BCUT2D eigenvalue weighted by molar-refractivity contribution is 5.84. The van der Waals surface area contributed by atoms with Gasteiger partial charge in [0.25, 0.3) is 0 Å². The molecule has 1 aliphatic carbocycles. The maximum Gasteiger partial charge on any atom is 0.225 e. The molecule has 2 aromatic rings. The Bertz CT molecular complexity index is 815. The number of Topliss-reactive ketones (excluding diaryl/α,β-unsaturated/α-hetero) is 1. The average molecular weight is 367 g/mol. The Morgan fingerprint density at radius 1 is 1.00 bits per heavy atom. The Hall–Kier alpha value is -2.70. The Morgan fingerprint density at radius 2 is 1.63 bits per heavy atom. The molecule has 4 rings (SSSR count). The Morgan fingerprint density at radius 3 is 2.30 bits per heavy atom. The van der Waals surface area contributed by atoms with Gasteiger partial charge >= 0.3 is 0 Å². The summed E-state index contributed by atoms with van der Waals surface area (Å²) in [6, 6.07) is 5.94. The minimum atomic E-state index is 0.0240. The molecule has 0 N–H and O–H groups in total. The smallest absolute Gasteiger partial charge is 0.225 e. The normalized spacial score (nSPS) is 18.8. The van der Waals surface area contributed by atoms with Crippen LogP contribution in [0.3, 0.4) is 0 Å². The summed E-state index contributed by atoms with van der Waals surface area (Å²) in [5.74, 6) is 3.03. The van der Waals surface area contributed by atoms with Crippen LogP contribution in [0.15, 0.2) is 30.6 Å². The molecule has 0 spiro atoms. The fraction of sp³-hybridized carbons (Fsp3) is 0.500. The Kier molecular flexibility index (Phi) is 4.92. The minimum Gasteiger partial charge on any atom is -0.353 e. The molecule has 27 heavy (non-hydrogen) atoms. The van der Waals surface area contributed by atoms with E-state index in [2.05, 4.69) is 14.9 Å². The zero-order valence-corrected chi connectivity index (χ0v) is 15.7. The maximum atomic E-state index is 12.7. The van der Waals surface area contributed by atoms with Crippen LogP contribution < -0.4 is 4.90 Å². The molecule has 0 bridgehead atoms. The van der Waals surface area contributed by atoms with E-state index in [1.165, 1.54) is 0 Å². The van der Waals surface area contributed by atoms with E-state index in [1.54, 1.807) is 0 Å². The van der Waals surface area contributed by atoms with Gasteiger partial charge in [-0.15, -0.1) is 0 Å². The first-order valence-electron chi connectivity index (χ1n) is 9.64. The zero-order valence-electron chi connectivity index (χ0n) is 15.7. The third kappa shape index (κ3) is 3.86. The number of ketones is 1. The zero-order chi connectivity index (χ0) is 18.8. The monoisotopic (exact) mass is 367 g/mol. The molecule has 2 fully saturated rings. The van der Waals surface area contributed by atoms with Gasteiger partial charge in [0.05, 0.1) is 0 Å². The van der Waals surface area contributed by atoms with Crippen molar-refractivity contribution in [1.29, 1.82) is 0 Å². The van der Waals surface area contributed by atoms with Gasteiger partial charge in [0.1, 0.15) is 23.2 Å². The molecule has 0 unspecified atom stereocenters. The number of carbonyl (C=O) groups is 2. The van der Waals surface area contributed by atoms with E-state index in [1.807, 2.05) is 47.0 Å². The lowest BCUT2D eigenvalue weighted by Crippen LogP contribution is -2.51. The van der Waals surface area contributed by atoms with E-state index in [9.17, 15) is 9.59 Å². The van der Waals surface area contributed by atoms with Crippen molar-refractivity contribution in [3.05, 3.63) is 36.4 Å². The second-order valence-electron chi connectivity index (χ2n) is 7.35. The molecule has 0 aromatic carbocycles. The second-order valence-corrected chi connectivity index (χ2v) is 7.35. The van der Waals surface area contributed by atoms with E-state index in [-0.39, 0.29) is 11.8 Å². The number of hydrogen-bond donors (Lipinski definition) is 0. The van der Waals surface area contributed by atoms with E-state index in [4.69, 9.17) is 0 Å². The molecule has 3 heterocycles. The molecular weight excluding hydrogens is 342 g/mol. The van der Waals surface area contributed by atoms with Crippen LogP contribution in [0.1, 0.15) is 31.5 Å². The highest BCUT2D eigenvalue weighted by atomic mass is 16.2. The first kappa shape index (κ1) is 17.7.